The van der Waals surface area contributed by atoms with Gasteiger partial charge in [-0.1, -0.05) is 12.1 Å². The first-order valence-electron chi connectivity index (χ1n) is 10.4. The highest BCUT2D eigenvalue weighted by Gasteiger charge is 2.32. The number of nitrogens with zero attached hydrogens (tertiary/aromatic N) is 2. The Morgan fingerprint density at radius 2 is 1.91 bits per heavy atom. The van der Waals surface area contributed by atoms with E-state index in [9.17, 15) is 18.0 Å². The summed E-state index contributed by atoms with van der Waals surface area (Å²) in [5.74, 6) is 1.32. The summed E-state index contributed by atoms with van der Waals surface area (Å²) in [5.41, 5.74) is 1.43. The smallest absolute Gasteiger partial charge is 0.416 e. The molecule has 1 amide bonds. The molecule has 0 radical (unpaired) electrons. The number of halogens is 3. The van der Waals surface area contributed by atoms with Crippen molar-refractivity contribution >= 4 is 17.2 Å². The number of benzene rings is 2. The van der Waals surface area contributed by atoms with Gasteiger partial charge in [0, 0.05) is 29.1 Å². The first kappa shape index (κ1) is 23.1. The number of amides is 1. The van der Waals surface area contributed by atoms with Gasteiger partial charge in [0.2, 0.25) is 5.91 Å². The fourth-order valence-corrected chi connectivity index (χ4v) is 4.89. The molecule has 0 saturated carbocycles. The highest BCUT2D eigenvalue weighted by molar-refractivity contribution is 7.13. The van der Waals surface area contributed by atoms with E-state index in [2.05, 4.69) is 4.98 Å². The van der Waals surface area contributed by atoms with Gasteiger partial charge in [0.15, 0.2) is 0 Å². The fraction of sp³-hybridized carbons (Fsp3) is 0.333. The van der Waals surface area contributed by atoms with Crippen LogP contribution in [0.4, 0.5) is 13.2 Å². The molecular formula is C24H23F3N2O3S. The molecule has 1 aliphatic heterocycles. The Kier molecular flexibility index (Phi) is 6.60. The first-order valence-corrected chi connectivity index (χ1v) is 11.3. The first-order chi connectivity index (χ1) is 15.8. The van der Waals surface area contributed by atoms with Gasteiger partial charge < -0.3 is 14.4 Å². The van der Waals surface area contributed by atoms with E-state index in [4.69, 9.17) is 9.47 Å². The van der Waals surface area contributed by atoms with Crippen LogP contribution >= 0.6 is 11.3 Å². The zero-order valence-corrected chi connectivity index (χ0v) is 19.0. The zero-order chi connectivity index (χ0) is 23.6. The van der Waals surface area contributed by atoms with E-state index in [1.807, 2.05) is 23.1 Å². The minimum Gasteiger partial charge on any atom is -0.497 e. The molecule has 1 fully saturated rings. The van der Waals surface area contributed by atoms with Crippen LogP contribution in [0.15, 0.2) is 47.8 Å². The summed E-state index contributed by atoms with van der Waals surface area (Å²) in [6.07, 6.45) is -2.52. The second kappa shape index (κ2) is 9.43. The lowest BCUT2D eigenvalue weighted by atomic mass is 10.0. The number of hydrogen-bond donors (Lipinski definition) is 0. The van der Waals surface area contributed by atoms with E-state index in [1.54, 1.807) is 19.6 Å². The van der Waals surface area contributed by atoms with Gasteiger partial charge in [0.25, 0.3) is 0 Å². The Morgan fingerprint density at radius 3 is 2.58 bits per heavy atom. The van der Waals surface area contributed by atoms with Gasteiger partial charge >= 0.3 is 6.18 Å². The number of aromatic nitrogens is 1. The Labute approximate surface area is 193 Å². The predicted molar refractivity (Wildman–Crippen MR) is 119 cm³/mol. The average molecular weight is 477 g/mol. The quantitative estimate of drug-likeness (QED) is 0.455. The third-order valence-corrected chi connectivity index (χ3v) is 6.66. The lowest BCUT2D eigenvalue weighted by molar-refractivity contribution is -0.137. The number of rotatable bonds is 6. The Morgan fingerprint density at radius 1 is 1.15 bits per heavy atom. The SMILES string of the molecule is COc1ccc(C2CCCN2C(=O)Cc2csc(-c3ccc(C(F)(F)F)cc3)n2)c(OC)c1. The standard InChI is InChI=1S/C24H23F3N2O3S/c1-31-18-9-10-19(21(13-18)32-2)20-4-3-11-29(20)22(30)12-17-14-33-23(28-17)15-5-7-16(8-6-15)24(25,26)27/h5-10,13-14,20H,3-4,11-12H2,1-2H3. The molecule has 4 rings (SSSR count). The largest absolute Gasteiger partial charge is 0.497 e. The maximum Gasteiger partial charge on any atom is 0.416 e. The molecular weight excluding hydrogens is 453 g/mol. The van der Waals surface area contributed by atoms with Crippen molar-refractivity contribution in [2.75, 3.05) is 20.8 Å². The summed E-state index contributed by atoms with van der Waals surface area (Å²) in [4.78, 5) is 19.5. The van der Waals surface area contributed by atoms with E-state index in [1.165, 1.54) is 23.5 Å². The van der Waals surface area contributed by atoms with Crippen LogP contribution in [0.3, 0.4) is 0 Å². The van der Waals surface area contributed by atoms with Crippen molar-refractivity contribution in [3.05, 3.63) is 64.7 Å². The predicted octanol–water partition coefficient (Wildman–Crippen LogP) is 5.75. The van der Waals surface area contributed by atoms with Crippen LogP contribution in [0.5, 0.6) is 11.5 Å². The van der Waals surface area contributed by atoms with E-state index in [0.717, 1.165) is 30.5 Å². The molecule has 1 atom stereocenters. The van der Waals surface area contributed by atoms with Crippen LogP contribution < -0.4 is 9.47 Å². The van der Waals surface area contributed by atoms with E-state index in [-0.39, 0.29) is 18.4 Å². The Balaban J connectivity index is 1.48. The van der Waals surface area contributed by atoms with E-state index < -0.39 is 11.7 Å². The van der Waals surface area contributed by atoms with Crippen molar-refractivity contribution in [3.8, 4) is 22.1 Å². The second-order valence-electron chi connectivity index (χ2n) is 7.75. The summed E-state index contributed by atoms with van der Waals surface area (Å²) in [6, 6.07) is 10.4. The van der Waals surface area contributed by atoms with Gasteiger partial charge in [-0.05, 0) is 37.1 Å². The summed E-state index contributed by atoms with van der Waals surface area (Å²) in [5, 5.41) is 2.37. The van der Waals surface area contributed by atoms with Gasteiger partial charge in [-0.2, -0.15) is 13.2 Å². The molecule has 5 nitrogen and oxygen atoms in total. The van der Waals surface area contributed by atoms with Crippen LogP contribution in [0, 0.1) is 0 Å². The highest BCUT2D eigenvalue weighted by Crippen LogP contribution is 2.39. The van der Waals surface area contributed by atoms with Crippen LogP contribution in [0.1, 0.15) is 35.7 Å². The molecule has 0 N–H and O–H groups in total. The van der Waals surface area contributed by atoms with Gasteiger partial charge in [0.05, 0.1) is 37.9 Å². The van der Waals surface area contributed by atoms with Crippen molar-refractivity contribution < 1.29 is 27.4 Å². The van der Waals surface area contributed by atoms with Crippen LogP contribution in [0.2, 0.25) is 0 Å². The van der Waals surface area contributed by atoms with Gasteiger partial charge in [-0.15, -0.1) is 11.3 Å². The summed E-state index contributed by atoms with van der Waals surface area (Å²) >= 11 is 1.31. The Bertz CT molecular complexity index is 1130. The zero-order valence-electron chi connectivity index (χ0n) is 18.2. The normalized spacial score (nSPS) is 16.2. The van der Waals surface area contributed by atoms with E-state index >= 15 is 0 Å². The lowest BCUT2D eigenvalue weighted by Gasteiger charge is -2.26. The minimum atomic E-state index is -4.38. The number of hydrogen-bond acceptors (Lipinski definition) is 5. The van der Waals surface area contributed by atoms with Crippen LogP contribution in [-0.2, 0) is 17.4 Å². The molecule has 2 aromatic carbocycles. The highest BCUT2D eigenvalue weighted by atomic mass is 32.1. The van der Waals surface area contributed by atoms with Crippen molar-refractivity contribution in [1.82, 2.24) is 9.88 Å². The number of thiazole rings is 1. The maximum absolute atomic E-state index is 13.1. The van der Waals surface area contributed by atoms with Crippen molar-refractivity contribution in [2.24, 2.45) is 0 Å². The average Bonchev–Trinajstić information content (AvgIpc) is 3.48. The number of ether oxygens (including phenoxy) is 2. The minimum absolute atomic E-state index is 0.0420. The molecule has 2 heterocycles. The molecule has 9 heteroatoms. The summed E-state index contributed by atoms with van der Waals surface area (Å²) in [7, 11) is 3.18. The van der Waals surface area contributed by atoms with Gasteiger partial charge in [-0.25, -0.2) is 4.98 Å². The molecule has 33 heavy (non-hydrogen) atoms. The van der Waals surface area contributed by atoms with Crippen LogP contribution in [-0.4, -0.2) is 36.6 Å². The molecule has 1 aromatic heterocycles. The molecule has 174 valence electrons. The molecule has 1 aliphatic rings. The molecule has 1 unspecified atom stereocenters. The molecule has 0 spiro atoms. The fourth-order valence-electron chi connectivity index (χ4n) is 4.06. The third kappa shape index (κ3) is 4.98. The monoisotopic (exact) mass is 476 g/mol. The number of carbonyl (C=O) groups excluding carboxylic acids is 1. The summed E-state index contributed by atoms with van der Waals surface area (Å²) < 4.78 is 49.2. The number of methoxy groups -OCH3 is 2. The van der Waals surface area contributed by atoms with E-state index in [0.29, 0.717) is 34.3 Å². The topological polar surface area (TPSA) is 51.7 Å². The summed E-state index contributed by atoms with van der Waals surface area (Å²) in [6.45, 7) is 0.647. The van der Waals surface area contributed by atoms with Crippen molar-refractivity contribution in [2.45, 2.75) is 31.5 Å². The molecule has 0 aliphatic carbocycles. The third-order valence-electron chi connectivity index (χ3n) is 5.72. The van der Waals surface area contributed by atoms with Gasteiger partial charge in [-0.3, -0.25) is 4.79 Å². The Hall–Kier alpha value is -3.07. The molecule has 1 saturated heterocycles. The molecule has 3 aromatic rings. The van der Waals surface area contributed by atoms with Crippen LogP contribution in [0.25, 0.3) is 10.6 Å². The van der Waals surface area contributed by atoms with Crippen molar-refractivity contribution in [1.29, 1.82) is 0 Å². The lowest BCUT2D eigenvalue weighted by Crippen LogP contribution is -2.32. The maximum atomic E-state index is 13.1. The molecule has 0 bridgehead atoms. The number of carbonyl (C=O) groups is 1. The number of likely N-dealkylation sites (tertiary alicyclic amines) is 1. The van der Waals surface area contributed by atoms with Gasteiger partial charge in [0.1, 0.15) is 16.5 Å². The second-order valence-corrected chi connectivity index (χ2v) is 8.61. The number of alkyl halides is 3. The van der Waals surface area contributed by atoms with Crippen molar-refractivity contribution in [3.63, 3.8) is 0 Å².